The summed E-state index contributed by atoms with van der Waals surface area (Å²) in [5.41, 5.74) is 0. The van der Waals surface area contributed by atoms with E-state index in [1.165, 1.54) is 77.0 Å². The van der Waals surface area contributed by atoms with E-state index in [1.54, 1.807) is 25.7 Å². The molecule has 0 heteroatoms. The zero-order chi connectivity index (χ0) is 19.6. The molecule has 0 unspecified atom stereocenters. The first-order valence-corrected chi connectivity index (χ1v) is 13.1. The number of unbranched alkanes of at least 4 members (excludes halogenated alkanes) is 2. The van der Waals surface area contributed by atoms with E-state index in [2.05, 4.69) is 38.2 Å². The molecule has 3 aliphatic rings. The summed E-state index contributed by atoms with van der Waals surface area (Å²) in [6.45, 7) is 4.57. The molecule has 0 atom stereocenters. The van der Waals surface area contributed by atoms with Crippen molar-refractivity contribution in [1.82, 2.24) is 0 Å². The molecule has 0 aromatic heterocycles. The lowest BCUT2D eigenvalue weighted by Crippen LogP contribution is -2.29. The molecule has 0 radical (unpaired) electrons. The Bertz CT molecular complexity index is 404. The molecular formula is C28H48. The summed E-state index contributed by atoms with van der Waals surface area (Å²) in [5, 5.41) is 0. The van der Waals surface area contributed by atoms with E-state index in [-0.39, 0.29) is 0 Å². The maximum atomic E-state index is 2.55. The van der Waals surface area contributed by atoms with Crippen molar-refractivity contribution in [2.75, 3.05) is 0 Å². The van der Waals surface area contributed by atoms with Gasteiger partial charge in [0.15, 0.2) is 0 Å². The fourth-order valence-electron chi connectivity index (χ4n) is 6.62. The summed E-state index contributed by atoms with van der Waals surface area (Å²) in [7, 11) is 0. The van der Waals surface area contributed by atoms with Gasteiger partial charge in [0, 0.05) is 0 Å². The van der Waals surface area contributed by atoms with Gasteiger partial charge in [0.25, 0.3) is 0 Å². The molecule has 3 fully saturated rings. The van der Waals surface area contributed by atoms with Crippen molar-refractivity contribution >= 4 is 0 Å². The average molecular weight is 385 g/mol. The van der Waals surface area contributed by atoms with Crippen molar-refractivity contribution in [3.63, 3.8) is 0 Å². The lowest BCUT2D eigenvalue weighted by Gasteiger charge is -2.41. The van der Waals surface area contributed by atoms with Crippen LogP contribution in [0.5, 0.6) is 0 Å². The topological polar surface area (TPSA) is 0 Å². The Morgan fingerprint density at radius 1 is 0.464 bits per heavy atom. The Kier molecular flexibility index (Phi) is 9.69. The molecule has 3 rings (SSSR count). The summed E-state index contributed by atoms with van der Waals surface area (Å²) in [6.07, 6.45) is 33.3. The molecule has 160 valence electrons. The largest absolute Gasteiger partial charge is 0.0883 e. The van der Waals surface area contributed by atoms with Gasteiger partial charge in [0.2, 0.25) is 0 Å². The minimum atomic E-state index is 0.903. The van der Waals surface area contributed by atoms with E-state index in [9.17, 15) is 0 Å². The number of allylic oxidation sites excluding steroid dienone is 4. The van der Waals surface area contributed by atoms with Gasteiger partial charge < -0.3 is 0 Å². The number of hydrogen-bond acceptors (Lipinski definition) is 0. The highest BCUT2D eigenvalue weighted by Crippen LogP contribution is 2.46. The van der Waals surface area contributed by atoms with Gasteiger partial charge in [0.1, 0.15) is 0 Å². The van der Waals surface area contributed by atoms with Crippen molar-refractivity contribution in [3.8, 4) is 0 Å². The summed E-state index contributed by atoms with van der Waals surface area (Å²) >= 11 is 0. The highest BCUT2D eigenvalue weighted by molar-refractivity contribution is 4.94. The molecule has 0 heterocycles. The zero-order valence-corrected chi connectivity index (χ0v) is 19.1. The second-order valence-corrected chi connectivity index (χ2v) is 10.5. The molecule has 0 aliphatic heterocycles. The van der Waals surface area contributed by atoms with Crippen molar-refractivity contribution in [3.05, 3.63) is 24.3 Å². The molecule has 0 aromatic rings. The van der Waals surface area contributed by atoms with Gasteiger partial charge in [-0.05, 0) is 125 Å². The highest BCUT2D eigenvalue weighted by atomic mass is 14.4. The van der Waals surface area contributed by atoms with Gasteiger partial charge in [0.05, 0.1) is 0 Å². The van der Waals surface area contributed by atoms with Crippen LogP contribution in [-0.2, 0) is 0 Å². The Hall–Kier alpha value is -0.520. The Morgan fingerprint density at radius 2 is 0.750 bits per heavy atom. The fourth-order valence-corrected chi connectivity index (χ4v) is 6.62. The fraction of sp³-hybridized carbons (Fsp3) is 0.857. The summed E-state index contributed by atoms with van der Waals surface area (Å²) in [6, 6.07) is 0. The van der Waals surface area contributed by atoms with E-state index in [4.69, 9.17) is 0 Å². The molecule has 28 heavy (non-hydrogen) atoms. The summed E-state index contributed by atoms with van der Waals surface area (Å²) < 4.78 is 0. The maximum Gasteiger partial charge on any atom is -0.0233 e. The molecule has 0 amide bonds. The van der Waals surface area contributed by atoms with Gasteiger partial charge in [-0.2, -0.15) is 0 Å². The lowest BCUT2D eigenvalue weighted by atomic mass is 9.65. The zero-order valence-electron chi connectivity index (χ0n) is 19.1. The Morgan fingerprint density at radius 3 is 1.04 bits per heavy atom. The van der Waals surface area contributed by atoms with Crippen molar-refractivity contribution in [2.24, 2.45) is 35.5 Å². The van der Waals surface area contributed by atoms with Crippen LogP contribution in [0.15, 0.2) is 24.3 Å². The number of hydrogen-bond donors (Lipinski definition) is 0. The predicted octanol–water partition coefficient (Wildman–Crippen LogP) is 9.12. The van der Waals surface area contributed by atoms with E-state index in [0.29, 0.717) is 0 Å². The maximum absolute atomic E-state index is 2.55. The van der Waals surface area contributed by atoms with Crippen LogP contribution in [0.25, 0.3) is 0 Å². The molecule has 0 N–H and O–H groups in total. The molecule has 0 bridgehead atoms. The van der Waals surface area contributed by atoms with Crippen LogP contribution in [0, 0.1) is 35.5 Å². The molecule has 0 spiro atoms. The molecule has 0 nitrogen and oxygen atoms in total. The Balaban J connectivity index is 1.33. The summed E-state index contributed by atoms with van der Waals surface area (Å²) in [4.78, 5) is 0. The number of rotatable bonds is 8. The molecular weight excluding hydrogens is 336 g/mol. The van der Waals surface area contributed by atoms with Crippen molar-refractivity contribution in [1.29, 1.82) is 0 Å². The van der Waals surface area contributed by atoms with Gasteiger partial charge in [-0.25, -0.2) is 0 Å². The van der Waals surface area contributed by atoms with Crippen LogP contribution < -0.4 is 0 Å². The second kappa shape index (κ2) is 12.2. The first kappa shape index (κ1) is 22.2. The molecule has 3 aliphatic carbocycles. The first-order valence-electron chi connectivity index (χ1n) is 13.1. The quantitative estimate of drug-likeness (QED) is 0.366. The van der Waals surface area contributed by atoms with Gasteiger partial charge in [-0.1, -0.05) is 51.0 Å². The third-order valence-corrected chi connectivity index (χ3v) is 8.51. The van der Waals surface area contributed by atoms with Crippen molar-refractivity contribution in [2.45, 2.75) is 117 Å². The first-order chi connectivity index (χ1) is 13.8. The Labute approximate surface area is 176 Å². The third kappa shape index (κ3) is 6.77. The van der Waals surface area contributed by atoms with E-state index in [1.807, 2.05) is 0 Å². The second-order valence-electron chi connectivity index (χ2n) is 10.5. The van der Waals surface area contributed by atoms with Gasteiger partial charge in [-0.15, -0.1) is 0 Å². The molecule has 0 saturated heterocycles. The van der Waals surface area contributed by atoms with Crippen LogP contribution in [-0.4, -0.2) is 0 Å². The minimum Gasteiger partial charge on any atom is -0.0883 e. The lowest BCUT2D eigenvalue weighted by molar-refractivity contribution is 0.112. The average Bonchev–Trinajstić information content (AvgIpc) is 2.75. The van der Waals surface area contributed by atoms with Gasteiger partial charge >= 0.3 is 0 Å². The monoisotopic (exact) mass is 384 g/mol. The van der Waals surface area contributed by atoms with Crippen LogP contribution >= 0.6 is 0 Å². The van der Waals surface area contributed by atoms with E-state index >= 15 is 0 Å². The van der Waals surface area contributed by atoms with Crippen LogP contribution in [0.2, 0.25) is 0 Å². The normalized spacial score (nSPS) is 37.6. The minimum absolute atomic E-state index is 0.903. The van der Waals surface area contributed by atoms with Crippen LogP contribution in [0.1, 0.15) is 117 Å². The van der Waals surface area contributed by atoms with E-state index < -0.39 is 0 Å². The predicted molar refractivity (Wildman–Crippen MR) is 124 cm³/mol. The van der Waals surface area contributed by atoms with Crippen molar-refractivity contribution < 1.29 is 0 Å². The SMILES string of the molecule is CCCC=CC1CCC(C2CCC(C3CCC(C=CCCC)CC3)CC2)CC1. The molecule has 0 aromatic carbocycles. The molecule has 3 saturated carbocycles. The van der Waals surface area contributed by atoms with Gasteiger partial charge in [-0.3, -0.25) is 0 Å². The highest BCUT2D eigenvalue weighted by Gasteiger charge is 2.34. The smallest absolute Gasteiger partial charge is 0.0233 e. The van der Waals surface area contributed by atoms with Crippen LogP contribution in [0.4, 0.5) is 0 Å². The summed E-state index contributed by atoms with van der Waals surface area (Å²) in [5.74, 6) is 6.09. The van der Waals surface area contributed by atoms with E-state index in [0.717, 1.165) is 35.5 Å². The van der Waals surface area contributed by atoms with Crippen LogP contribution in [0.3, 0.4) is 0 Å². The standard InChI is InChI=1S/C28H48/c1-3-5-7-9-23-11-15-25(16-12-23)27-19-21-28(22-20-27)26-17-13-24(14-18-26)10-8-6-4-2/h7-10,23-28H,3-6,11-22H2,1-2H3. The third-order valence-electron chi connectivity index (χ3n) is 8.51.